The van der Waals surface area contributed by atoms with Crippen molar-refractivity contribution < 1.29 is 17.7 Å². The summed E-state index contributed by atoms with van der Waals surface area (Å²) in [5, 5.41) is 6.56. The molecule has 2 aromatic carbocycles. The first-order valence-electron chi connectivity index (χ1n) is 9.84. The van der Waals surface area contributed by atoms with Gasteiger partial charge in [0.05, 0.1) is 10.6 Å². The van der Waals surface area contributed by atoms with Crippen LogP contribution in [-0.2, 0) is 21.2 Å². The monoisotopic (exact) mass is 439 g/mol. The molecule has 0 saturated heterocycles. The molecule has 162 valence electrons. The van der Waals surface area contributed by atoms with Crippen molar-refractivity contribution in [3.05, 3.63) is 70.6 Å². The van der Waals surface area contributed by atoms with Crippen molar-refractivity contribution in [2.75, 3.05) is 10.0 Å². The van der Waals surface area contributed by atoms with Gasteiger partial charge in [0.2, 0.25) is 5.91 Å². The molecule has 0 spiro atoms. The third-order valence-corrected chi connectivity index (χ3v) is 6.27. The van der Waals surface area contributed by atoms with Crippen molar-refractivity contribution in [2.45, 2.75) is 39.0 Å². The molecule has 0 unspecified atom stereocenters. The van der Waals surface area contributed by atoms with Crippen molar-refractivity contribution >= 4 is 39.5 Å². The molecule has 1 heterocycles. The van der Waals surface area contributed by atoms with Gasteiger partial charge in [-0.05, 0) is 55.2 Å². The zero-order valence-electron chi connectivity index (χ0n) is 17.9. The second-order valence-corrected chi connectivity index (χ2v) is 8.81. The van der Waals surface area contributed by atoms with Gasteiger partial charge in [-0.3, -0.25) is 9.52 Å². The molecule has 31 heavy (non-hydrogen) atoms. The number of para-hydroxylation sites is 1. The molecule has 1 amide bonds. The van der Waals surface area contributed by atoms with Crippen LogP contribution >= 0.6 is 0 Å². The first-order chi connectivity index (χ1) is 14.7. The maximum absolute atomic E-state index is 13.1. The number of amides is 1. The van der Waals surface area contributed by atoms with Crippen LogP contribution in [0.5, 0.6) is 0 Å². The number of aromatic nitrogens is 1. The number of anilines is 2. The summed E-state index contributed by atoms with van der Waals surface area (Å²) in [4.78, 5) is 11.6. The van der Waals surface area contributed by atoms with Crippen LogP contribution in [0, 0.1) is 13.8 Å². The Morgan fingerprint density at radius 3 is 2.58 bits per heavy atom. The van der Waals surface area contributed by atoms with E-state index in [0.717, 1.165) is 5.56 Å². The second kappa shape index (κ2) is 9.18. The molecule has 0 bridgehead atoms. The normalized spacial score (nSPS) is 11.6. The molecule has 7 nitrogen and oxygen atoms in total. The molecular weight excluding hydrogens is 414 g/mol. The van der Waals surface area contributed by atoms with Gasteiger partial charge in [-0.1, -0.05) is 48.5 Å². The Morgan fingerprint density at radius 2 is 1.87 bits per heavy atom. The van der Waals surface area contributed by atoms with Crippen LogP contribution in [0.2, 0.25) is 0 Å². The van der Waals surface area contributed by atoms with E-state index < -0.39 is 10.0 Å². The van der Waals surface area contributed by atoms with Gasteiger partial charge in [0.25, 0.3) is 10.0 Å². The highest BCUT2D eigenvalue weighted by Crippen LogP contribution is 2.26. The SMILES string of the molecule is CCc1ccccc1NS(=O)(=O)c1cc(C=Cc2onc(C)c2NC(C)=O)ccc1C. The molecule has 3 aromatic rings. The number of nitrogens with zero attached hydrogens (tertiary/aromatic N) is 1. The topological polar surface area (TPSA) is 101 Å². The van der Waals surface area contributed by atoms with Crippen molar-refractivity contribution in [1.82, 2.24) is 5.16 Å². The highest BCUT2D eigenvalue weighted by atomic mass is 32.2. The molecule has 0 radical (unpaired) electrons. The van der Waals surface area contributed by atoms with E-state index >= 15 is 0 Å². The van der Waals surface area contributed by atoms with Crippen LogP contribution in [0.3, 0.4) is 0 Å². The van der Waals surface area contributed by atoms with Gasteiger partial charge in [-0.15, -0.1) is 0 Å². The van der Waals surface area contributed by atoms with Gasteiger partial charge in [0.1, 0.15) is 11.4 Å². The minimum absolute atomic E-state index is 0.191. The molecule has 3 rings (SSSR count). The maximum atomic E-state index is 13.1. The van der Waals surface area contributed by atoms with Crippen LogP contribution in [-0.4, -0.2) is 19.5 Å². The molecule has 0 saturated carbocycles. The summed E-state index contributed by atoms with van der Waals surface area (Å²) in [5.74, 6) is 0.149. The maximum Gasteiger partial charge on any atom is 0.262 e. The molecule has 0 atom stereocenters. The van der Waals surface area contributed by atoms with Gasteiger partial charge in [-0.2, -0.15) is 0 Å². The largest absolute Gasteiger partial charge is 0.354 e. The molecule has 8 heteroatoms. The minimum Gasteiger partial charge on any atom is -0.354 e. The average molecular weight is 440 g/mol. The fraction of sp³-hybridized carbons (Fsp3) is 0.217. The van der Waals surface area contributed by atoms with Gasteiger partial charge in [-0.25, -0.2) is 8.42 Å². The second-order valence-electron chi connectivity index (χ2n) is 7.16. The molecule has 0 fully saturated rings. The number of carbonyl (C=O) groups is 1. The first-order valence-corrected chi connectivity index (χ1v) is 11.3. The van der Waals surface area contributed by atoms with Crippen molar-refractivity contribution in [1.29, 1.82) is 0 Å². The molecule has 1 aromatic heterocycles. The van der Waals surface area contributed by atoms with E-state index in [4.69, 9.17) is 4.52 Å². The summed E-state index contributed by atoms with van der Waals surface area (Å²) in [6, 6.07) is 12.5. The Hall–Kier alpha value is -3.39. The van der Waals surface area contributed by atoms with Crippen molar-refractivity contribution in [3.8, 4) is 0 Å². The zero-order chi connectivity index (χ0) is 22.6. The van der Waals surface area contributed by atoms with Gasteiger partial charge >= 0.3 is 0 Å². The number of rotatable bonds is 7. The number of hydrogen-bond donors (Lipinski definition) is 2. The standard InChI is InChI=1S/C23H25N3O4S/c1-5-19-8-6-7-9-20(19)26-31(28,29)22-14-18(11-10-15(22)2)12-13-21-23(24-17(4)27)16(3)25-30-21/h6-14,26H,5H2,1-4H3,(H,24,27). The number of benzene rings is 2. The smallest absolute Gasteiger partial charge is 0.262 e. The molecule has 0 aliphatic rings. The van der Waals surface area contributed by atoms with Crippen LogP contribution in [0.25, 0.3) is 12.2 Å². The number of sulfonamides is 1. The zero-order valence-corrected chi connectivity index (χ0v) is 18.7. The van der Waals surface area contributed by atoms with Crippen molar-refractivity contribution in [3.63, 3.8) is 0 Å². The van der Waals surface area contributed by atoms with E-state index in [0.29, 0.717) is 40.4 Å². The quantitative estimate of drug-likeness (QED) is 0.551. The molecule has 0 aliphatic heterocycles. The minimum atomic E-state index is -3.78. The number of nitrogens with one attached hydrogen (secondary N) is 2. The Balaban J connectivity index is 1.92. The summed E-state index contributed by atoms with van der Waals surface area (Å²) in [5.41, 5.74) is 3.83. The fourth-order valence-corrected chi connectivity index (χ4v) is 4.52. The average Bonchev–Trinajstić information content (AvgIpc) is 3.06. The highest BCUT2D eigenvalue weighted by Gasteiger charge is 2.19. The lowest BCUT2D eigenvalue weighted by Crippen LogP contribution is -2.15. The lowest BCUT2D eigenvalue weighted by atomic mass is 10.1. The summed E-state index contributed by atoms with van der Waals surface area (Å²) < 4.78 is 34.1. The predicted molar refractivity (Wildman–Crippen MR) is 122 cm³/mol. The van der Waals surface area contributed by atoms with Crippen LogP contribution < -0.4 is 10.0 Å². The van der Waals surface area contributed by atoms with E-state index in [2.05, 4.69) is 15.2 Å². The van der Waals surface area contributed by atoms with E-state index in [1.807, 2.05) is 25.1 Å². The Bertz CT molecular complexity index is 1240. The Morgan fingerprint density at radius 1 is 1.13 bits per heavy atom. The number of carbonyl (C=O) groups excluding carboxylic acids is 1. The third kappa shape index (κ3) is 5.21. The van der Waals surface area contributed by atoms with Gasteiger partial charge in [0.15, 0.2) is 5.76 Å². The first kappa shape index (κ1) is 22.3. The summed E-state index contributed by atoms with van der Waals surface area (Å²) in [7, 11) is -3.78. The highest BCUT2D eigenvalue weighted by molar-refractivity contribution is 7.92. The van der Waals surface area contributed by atoms with Gasteiger partial charge in [0, 0.05) is 6.92 Å². The van der Waals surface area contributed by atoms with Crippen LogP contribution in [0.15, 0.2) is 51.9 Å². The predicted octanol–water partition coefficient (Wildman–Crippen LogP) is 4.78. The van der Waals surface area contributed by atoms with Gasteiger partial charge < -0.3 is 9.84 Å². The molecule has 0 aliphatic carbocycles. The van der Waals surface area contributed by atoms with E-state index in [-0.39, 0.29) is 10.8 Å². The number of hydrogen-bond acceptors (Lipinski definition) is 5. The molecular formula is C23H25N3O4S. The van der Waals surface area contributed by atoms with Crippen LogP contribution in [0.4, 0.5) is 11.4 Å². The lowest BCUT2D eigenvalue weighted by Gasteiger charge is -2.13. The van der Waals surface area contributed by atoms with Crippen molar-refractivity contribution in [2.24, 2.45) is 0 Å². The summed E-state index contributed by atoms with van der Waals surface area (Å²) in [6.45, 7) is 6.86. The summed E-state index contributed by atoms with van der Waals surface area (Å²) in [6.07, 6.45) is 4.07. The van der Waals surface area contributed by atoms with E-state index in [9.17, 15) is 13.2 Å². The van der Waals surface area contributed by atoms with Crippen LogP contribution in [0.1, 0.15) is 42.0 Å². The third-order valence-electron chi connectivity index (χ3n) is 4.76. The lowest BCUT2D eigenvalue weighted by molar-refractivity contribution is -0.114. The molecule has 2 N–H and O–H groups in total. The van der Waals surface area contributed by atoms with E-state index in [1.165, 1.54) is 6.92 Å². The Labute approximate surface area is 182 Å². The summed E-state index contributed by atoms with van der Waals surface area (Å²) >= 11 is 0. The Kier molecular flexibility index (Phi) is 6.60. The fourth-order valence-electron chi connectivity index (χ4n) is 3.14. The number of aryl methyl sites for hydroxylation is 3. The van der Waals surface area contributed by atoms with E-state index in [1.54, 1.807) is 50.3 Å².